The maximum absolute atomic E-state index is 12.0. The summed E-state index contributed by atoms with van der Waals surface area (Å²) in [5.41, 5.74) is 5.21. The van der Waals surface area contributed by atoms with Gasteiger partial charge in [0.15, 0.2) is 5.78 Å². The van der Waals surface area contributed by atoms with Gasteiger partial charge in [-0.3, -0.25) is 4.79 Å². The number of hydrogen-bond acceptors (Lipinski definition) is 1. The molecule has 0 aromatic heterocycles. The monoisotopic (exact) mass is 194 g/mol. The second-order valence-corrected chi connectivity index (χ2v) is 3.93. The molecule has 1 heteroatoms. The molecule has 0 atom stereocenters. The normalized spacial score (nSPS) is 11.3. The first kappa shape index (κ1) is 8.42. The number of hydrogen-bond donors (Lipinski definition) is 0. The number of ketones is 1. The van der Waals surface area contributed by atoms with E-state index >= 15 is 0 Å². The van der Waals surface area contributed by atoms with E-state index in [4.69, 9.17) is 0 Å². The van der Waals surface area contributed by atoms with Crippen molar-refractivity contribution in [1.82, 2.24) is 0 Å². The van der Waals surface area contributed by atoms with Crippen molar-refractivity contribution in [1.29, 1.82) is 0 Å². The van der Waals surface area contributed by atoms with Crippen LogP contribution in [-0.4, -0.2) is 5.78 Å². The van der Waals surface area contributed by atoms with Gasteiger partial charge >= 0.3 is 0 Å². The van der Waals surface area contributed by atoms with E-state index in [1.165, 1.54) is 5.56 Å². The Morgan fingerprint density at radius 2 is 1.60 bits per heavy atom. The fourth-order valence-corrected chi connectivity index (χ4v) is 1.99. The van der Waals surface area contributed by atoms with Crippen LogP contribution in [-0.2, 0) is 0 Å². The predicted molar refractivity (Wildman–Crippen MR) is 60.0 cm³/mol. The fourth-order valence-electron chi connectivity index (χ4n) is 1.99. The van der Waals surface area contributed by atoms with Gasteiger partial charge < -0.3 is 0 Å². The molecule has 15 heavy (non-hydrogen) atoms. The second-order valence-electron chi connectivity index (χ2n) is 3.93. The van der Waals surface area contributed by atoms with Gasteiger partial charge in [0.1, 0.15) is 0 Å². The summed E-state index contributed by atoms with van der Waals surface area (Å²) in [5, 5.41) is 0. The number of aryl methyl sites for hydroxylation is 1. The topological polar surface area (TPSA) is 17.1 Å². The van der Waals surface area contributed by atoms with Crippen LogP contribution in [0.5, 0.6) is 0 Å². The maximum Gasteiger partial charge on any atom is 0.194 e. The van der Waals surface area contributed by atoms with Crippen molar-refractivity contribution in [2.45, 2.75) is 6.92 Å². The lowest BCUT2D eigenvalue weighted by Gasteiger charge is -1.93. The molecule has 0 radical (unpaired) electrons. The largest absolute Gasteiger partial charge is 0.289 e. The summed E-state index contributed by atoms with van der Waals surface area (Å²) in [6.07, 6.45) is 0. The molecule has 3 rings (SSSR count). The Bertz CT molecular complexity index is 530. The van der Waals surface area contributed by atoms with E-state index in [-0.39, 0.29) is 5.78 Å². The molecule has 1 nitrogen and oxygen atoms in total. The molecule has 0 fully saturated rings. The number of rotatable bonds is 2. The third-order valence-corrected chi connectivity index (χ3v) is 2.77. The van der Waals surface area contributed by atoms with Crippen LogP contribution in [0, 0.1) is 6.92 Å². The highest BCUT2D eigenvalue weighted by Crippen LogP contribution is 2.45. The summed E-state index contributed by atoms with van der Waals surface area (Å²) < 4.78 is 0. The van der Waals surface area contributed by atoms with Crippen LogP contribution in [0.15, 0.2) is 42.5 Å². The van der Waals surface area contributed by atoms with Crippen molar-refractivity contribution in [3.8, 4) is 11.1 Å². The third kappa shape index (κ3) is 1.20. The van der Waals surface area contributed by atoms with E-state index in [9.17, 15) is 4.79 Å². The molecule has 0 amide bonds. The van der Waals surface area contributed by atoms with Gasteiger partial charge in [0.25, 0.3) is 0 Å². The molecule has 1 aromatic carbocycles. The molecule has 0 aliphatic heterocycles. The number of benzene rings is 2. The number of carbonyl (C=O) groups excluding carboxylic acids is 1. The first-order chi connectivity index (χ1) is 7.27. The first-order valence-corrected chi connectivity index (χ1v) is 5.02. The molecule has 0 heterocycles. The fraction of sp³-hybridized carbons (Fsp3) is 0.0714. The van der Waals surface area contributed by atoms with E-state index < -0.39 is 0 Å². The molecule has 0 bridgehead atoms. The summed E-state index contributed by atoms with van der Waals surface area (Å²) in [5.74, 6) is 0.153. The molecule has 0 saturated heterocycles. The Morgan fingerprint density at radius 3 is 2.20 bits per heavy atom. The molecule has 0 N–H and O–H groups in total. The highest BCUT2D eigenvalue weighted by Gasteiger charge is 2.30. The standard InChI is InChI=1S/C14H10O/c1-9-7-11-12(8-9)13(11)14(15)10-5-3-2-4-6-10/h2-8H,1H3. The van der Waals surface area contributed by atoms with E-state index in [1.807, 2.05) is 30.3 Å². The van der Waals surface area contributed by atoms with Crippen LogP contribution in [0.3, 0.4) is 0 Å². The van der Waals surface area contributed by atoms with Crippen LogP contribution < -0.4 is 0 Å². The average Bonchev–Trinajstić information content (AvgIpc) is 2.77. The second kappa shape index (κ2) is 2.80. The lowest BCUT2D eigenvalue weighted by molar-refractivity contribution is 0.104. The lowest BCUT2D eigenvalue weighted by atomic mass is 10.1. The molecule has 1 aromatic rings. The molecule has 2 aliphatic carbocycles. The average molecular weight is 194 g/mol. The third-order valence-electron chi connectivity index (χ3n) is 2.77. The Kier molecular flexibility index (Phi) is 1.57. The quantitative estimate of drug-likeness (QED) is 0.572. The highest BCUT2D eigenvalue weighted by molar-refractivity contribution is 6.24. The molecular formula is C14H10O. The SMILES string of the molecule is Cc1cc2c(C(=O)c3ccccc3)c-2c1. The lowest BCUT2D eigenvalue weighted by Crippen LogP contribution is -1.94. The summed E-state index contributed by atoms with van der Waals surface area (Å²) >= 11 is 0. The van der Waals surface area contributed by atoms with E-state index in [1.54, 1.807) is 0 Å². The van der Waals surface area contributed by atoms with Gasteiger partial charge in [-0.25, -0.2) is 0 Å². The Morgan fingerprint density at radius 1 is 1.00 bits per heavy atom. The van der Waals surface area contributed by atoms with E-state index in [0.29, 0.717) is 0 Å². The molecule has 0 spiro atoms. The van der Waals surface area contributed by atoms with Gasteiger partial charge in [-0.05, 0) is 23.6 Å². The van der Waals surface area contributed by atoms with E-state index in [0.717, 1.165) is 22.3 Å². The van der Waals surface area contributed by atoms with Crippen LogP contribution >= 0.6 is 0 Å². The zero-order valence-electron chi connectivity index (χ0n) is 8.45. The molecular weight excluding hydrogens is 184 g/mol. The summed E-state index contributed by atoms with van der Waals surface area (Å²) in [6.45, 7) is 2.05. The van der Waals surface area contributed by atoms with E-state index in [2.05, 4.69) is 19.1 Å². The van der Waals surface area contributed by atoms with Crippen LogP contribution in [0.2, 0.25) is 0 Å². The molecule has 0 saturated carbocycles. The summed E-state index contributed by atoms with van der Waals surface area (Å²) in [4.78, 5) is 12.0. The van der Waals surface area contributed by atoms with Crippen LogP contribution in [0.4, 0.5) is 0 Å². The molecule has 72 valence electrons. The van der Waals surface area contributed by atoms with Gasteiger partial charge in [-0.2, -0.15) is 0 Å². The minimum absolute atomic E-state index is 0.153. The zero-order valence-corrected chi connectivity index (χ0v) is 8.45. The summed E-state index contributed by atoms with van der Waals surface area (Å²) in [6, 6.07) is 13.6. The zero-order chi connectivity index (χ0) is 10.4. The number of fused-ring (bicyclic) bond motifs is 1. The Balaban J connectivity index is 1.99. The van der Waals surface area contributed by atoms with Crippen molar-refractivity contribution in [2.75, 3.05) is 0 Å². The van der Waals surface area contributed by atoms with Gasteiger partial charge in [0.05, 0.1) is 0 Å². The first-order valence-electron chi connectivity index (χ1n) is 5.02. The van der Waals surface area contributed by atoms with Gasteiger partial charge in [-0.15, -0.1) is 0 Å². The summed E-state index contributed by atoms with van der Waals surface area (Å²) in [7, 11) is 0. The van der Waals surface area contributed by atoms with Crippen molar-refractivity contribution in [2.24, 2.45) is 0 Å². The highest BCUT2D eigenvalue weighted by atomic mass is 16.1. The van der Waals surface area contributed by atoms with Crippen LogP contribution in [0.25, 0.3) is 11.1 Å². The van der Waals surface area contributed by atoms with Crippen molar-refractivity contribution >= 4 is 5.78 Å². The van der Waals surface area contributed by atoms with Gasteiger partial charge in [0, 0.05) is 11.1 Å². The van der Waals surface area contributed by atoms with Gasteiger partial charge in [0.2, 0.25) is 0 Å². The maximum atomic E-state index is 12.0. The smallest absolute Gasteiger partial charge is 0.194 e. The Labute approximate surface area is 88.4 Å². The van der Waals surface area contributed by atoms with Gasteiger partial charge in [-0.1, -0.05) is 42.5 Å². The Hall–Kier alpha value is -1.89. The predicted octanol–water partition coefficient (Wildman–Crippen LogP) is 3.21. The molecule has 2 aliphatic rings. The van der Waals surface area contributed by atoms with Crippen LogP contribution in [0.1, 0.15) is 21.5 Å². The van der Waals surface area contributed by atoms with Crippen molar-refractivity contribution < 1.29 is 4.79 Å². The molecule has 0 unspecified atom stereocenters. The van der Waals surface area contributed by atoms with Crippen molar-refractivity contribution in [3.05, 3.63) is 59.2 Å². The number of carbonyl (C=O) groups is 1. The minimum atomic E-state index is 0.153. The van der Waals surface area contributed by atoms with Crippen molar-refractivity contribution in [3.63, 3.8) is 0 Å². The minimum Gasteiger partial charge on any atom is -0.289 e.